The molecule has 0 bridgehead atoms. The Bertz CT molecular complexity index is 611. The summed E-state index contributed by atoms with van der Waals surface area (Å²) in [4.78, 5) is 4.58. The van der Waals surface area contributed by atoms with Gasteiger partial charge in [0.1, 0.15) is 4.99 Å². The number of nitrogens with one attached hydrogen (secondary N) is 1. The summed E-state index contributed by atoms with van der Waals surface area (Å²) in [6.45, 7) is 4.53. The Morgan fingerprint density at radius 3 is 2.75 bits per heavy atom. The number of aryl methyl sites for hydroxylation is 1. The first-order valence-corrected chi connectivity index (χ1v) is 6.77. The molecule has 1 heterocycles. The van der Waals surface area contributed by atoms with Crippen LogP contribution in [0.1, 0.15) is 18.1 Å². The summed E-state index contributed by atoms with van der Waals surface area (Å²) in [6.07, 6.45) is 1.72. The SMILES string of the molecule is CCOc1ccc(Nc2ccc(C)cc2C(N)=S)cn1. The van der Waals surface area contributed by atoms with Gasteiger partial charge in [-0.05, 0) is 32.0 Å². The third-order valence-electron chi connectivity index (χ3n) is 2.75. The second-order valence-electron chi connectivity index (χ2n) is 4.36. The molecule has 0 aliphatic rings. The zero-order valence-corrected chi connectivity index (χ0v) is 12.3. The van der Waals surface area contributed by atoms with E-state index in [0.29, 0.717) is 17.5 Å². The summed E-state index contributed by atoms with van der Waals surface area (Å²) in [5, 5.41) is 3.26. The molecule has 0 aliphatic heterocycles. The van der Waals surface area contributed by atoms with Crippen LogP contribution in [0.2, 0.25) is 0 Å². The molecular weight excluding hydrogens is 270 g/mol. The number of aromatic nitrogens is 1. The minimum atomic E-state index is 0.370. The molecule has 2 aromatic rings. The molecule has 0 radical (unpaired) electrons. The van der Waals surface area contributed by atoms with E-state index in [1.54, 1.807) is 6.20 Å². The minimum absolute atomic E-state index is 0.370. The van der Waals surface area contributed by atoms with Gasteiger partial charge in [0, 0.05) is 17.3 Å². The van der Waals surface area contributed by atoms with E-state index >= 15 is 0 Å². The highest BCUT2D eigenvalue weighted by Crippen LogP contribution is 2.22. The van der Waals surface area contributed by atoms with Crippen LogP contribution >= 0.6 is 12.2 Å². The number of rotatable bonds is 5. The number of hydrogen-bond acceptors (Lipinski definition) is 4. The van der Waals surface area contributed by atoms with Crippen molar-refractivity contribution in [3.8, 4) is 5.88 Å². The standard InChI is InChI=1S/C15H17N3OS/c1-3-19-14-7-5-11(9-17-14)18-13-6-4-10(2)8-12(13)15(16)20/h4-9,18H,3H2,1-2H3,(H2,16,20). The van der Waals surface area contributed by atoms with Crippen molar-refractivity contribution >= 4 is 28.6 Å². The van der Waals surface area contributed by atoms with Crippen LogP contribution in [0.5, 0.6) is 5.88 Å². The number of ether oxygens (including phenoxy) is 1. The fraction of sp³-hybridized carbons (Fsp3) is 0.200. The molecule has 1 aromatic heterocycles. The predicted octanol–water partition coefficient (Wildman–Crippen LogP) is 3.17. The maximum absolute atomic E-state index is 5.76. The van der Waals surface area contributed by atoms with E-state index in [1.807, 2.05) is 44.2 Å². The average molecular weight is 287 g/mol. The Labute approximate surface area is 124 Å². The predicted molar refractivity (Wildman–Crippen MR) is 85.8 cm³/mol. The highest BCUT2D eigenvalue weighted by molar-refractivity contribution is 7.80. The Balaban J connectivity index is 2.23. The van der Waals surface area contributed by atoms with Crippen LogP contribution in [0.15, 0.2) is 36.5 Å². The van der Waals surface area contributed by atoms with Gasteiger partial charge in [-0.3, -0.25) is 0 Å². The quantitative estimate of drug-likeness (QED) is 0.827. The summed E-state index contributed by atoms with van der Waals surface area (Å²) in [5.41, 5.74) is 9.42. The van der Waals surface area contributed by atoms with E-state index in [2.05, 4.69) is 10.3 Å². The summed E-state index contributed by atoms with van der Waals surface area (Å²) >= 11 is 5.08. The van der Waals surface area contributed by atoms with Crippen molar-refractivity contribution in [3.05, 3.63) is 47.7 Å². The maximum atomic E-state index is 5.76. The van der Waals surface area contributed by atoms with Crippen LogP contribution in [0.25, 0.3) is 0 Å². The third kappa shape index (κ3) is 3.45. The number of pyridine rings is 1. The first-order valence-electron chi connectivity index (χ1n) is 6.36. The van der Waals surface area contributed by atoms with Gasteiger partial charge in [-0.25, -0.2) is 4.98 Å². The number of benzene rings is 1. The first kappa shape index (κ1) is 14.3. The second-order valence-corrected chi connectivity index (χ2v) is 4.80. The van der Waals surface area contributed by atoms with Gasteiger partial charge in [0.15, 0.2) is 0 Å². The molecule has 104 valence electrons. The minimum Gasteiger partial charge on any atom is -0.478 e. The van der Waals surface area contributed by atoms with Gasteiger partial charge in [-0.1, -0.05) is 23.8 Å². The Hall–Kier alpha value is -2.14. The van der Waals surface area contributed by atoms with Crippen molar-refractivity contribution in [1.29, 1.82) is 0 Å². The van der Waals surface area contributed by atoms with Crippen molar-refractivity contribution in [1.82, 2.24) is 4.98 Å². The smallest absolute Gasteiger partial charge is 0.213 e. The van der Waals surface area contributed by atoms with Gasteiger partial charge < -0.3 is 15.8 Å². The average Bonchev–Trinajstić information content (AvgIpc) is 2.43. The second kappa shape index (κ2) is 6.34. The molecule has 0 saturated heterocycles. The monoisotopic (exact) mass is 287 g/mol. The van der Waals surface area contributed by atoms with Crippen molar-refractivity contribution in [2.24, 2.45) is 5.73 Å². The summed E-state index contributed by atoms with van der Waals surface area (Å²) in [5.74, 6) is 0.608. The summed E-state index contributed by atoms with van der Waals surface area (Å²) in [7, 11) is 0. The Kier molecular flexibility index (Phi) is 4.53. The molecule has 4 nitrogen and oxygen atoms in total. The summed E-state index contributed by atoms with van der Waals surface area (Å²) < 4.78 is 5.31. The Morgan fingerprint density at radius 1 is 1.35 bits per heavy atom. The van der Waals surface area contributed by atoms with E-state index < -0.39 is 0 Å². The van der Waals surface area contributed by atoms with Crippen molar-refractivity contribution in [3.63, 3.8) is 0 Å². The number of anilines is 2. The van der Waals surface area contributed by atoms with Crippen LogP contribution in [0.4, 0.5) is 11.4 Å². The molecule has 0 saturated carbocycles. The van der Waals surface area contributed by atoms with Gasteiger partial charge in [0.05, 0.1) is 18.5 Å². The van der Waals surface area contributed by atoms with E-state index in [4.69, 9.17) is 22.7 Å². The normalized spacial score (nSPS) is 10.1. The van der Waals surface area contributed by atoms with Gasteiger partial charge in [0.25, 0.3) is 0 Å². The molecule has 1 aromatic carbocycles. The third-order valence-corrected chi connectivity index (χ3v) is 2.97. The molecule has 5 heteroatoms. The molecule has 20 heavy (non-hydrogen) atoms. The van der Waals surface area contributed by atoms with Crippen LogP contribution < -0.4 is 15.8 Å². The molecule has 3 N–H and O–H groups in total. The number of nitrogens with zero attached hydrogens (tertiary/aromatic N) is 1. The molecule has 0 amide bonds. The van der Waals surface area contributed by atoms with Crippen LogP contribution in [-0.4, -0.2) is 16.6 Å². The lowest BCUT2D eigenvalue weighted by atomic mass is 10.1. The zero-order valence-electron chi connectivity index (χ0n) is 11.5. The molecule has 0 unspecified atom stereocenters. The largest absolute Gasteiger partial charge is 0.478 e. The van der Waals surface area contributed by atoms with Crippen LogP contribution in [0, 0.1) is 6.92 Å². The van der Waals surface area contributed by atoms with Crippen molar-refractivity contribution < 1.29 is 4.74 Å². The molecule has 2 rings (SSSR count). The van der Waals surface area contributed by atoms with E-state index in [-0.39, 0.29) is 0 Å². The lowest BCUT2D eigenvalue weighted by Gasteiger charge is -2.12. The maximum Gasteiger partial charge on any atom is 0.213 e. The Morgan fingerprint density at radius 2 is 2.15 bits per heavy atom. The fourth-order valence-electron chi connectivity index (χ4n) is 1.81. The summed E-state index contributed by atoms with van der Waals surface area (Å²) in [6, 6.07) is 9.65. The highest BCUT2D eigenvalue weighted by atomic mass is 32.1. The topological polar surface area (TPSA) is 60.2 Å². The molecule has 0 atom stereocenters. The molecule has 0 aliphatic carbocycles. The molecule has 0 fully saturated rings. The fourth-order valence-corrected chi connectivity index (χ4v) is 1.98. The van der Waals surface area contributed by atoms with Crippen LogP contribution in [0.3, 0.4) is 0 Å². The molecular formula is C15H17N3OS. The molecule has 0 spiro atoms. The zero-order chi connectivity index (χ0) is 14.5. The number of nitrogens with two attached hydrogens (primary N) is 1. The van der Waals surface area contributed by atoms with E-state index in [1.165, 1.54) is 0 Å². The van der Waals surface area contributed by atoms with Gasteiger partial charge in [-0.2, -0.15) is 0 Å². The van der Waals surface area contributed by atoms with Crippen molar-refractivity contribution in [2.75, 3.05) is 11.9 Å². The number of hydrogen-bond donors (Lipinski definition) is 2. The van der Waals surface area contributed by atoms with E-state index in [0.717, 1.165) is 22.5 Å². The van der Waals surface area contributed by atoms with Crippen molar-refractivity contribution in [2.45, 2.75) is 13.8 Å². The lowest BCUT2D eigenvalue weighted by molar-refractivity contribution is 0.327. The number of thiocarbonyl (C=S) groups is 1. The lowest BCUT2D eigenvalue weighted by Crippen LogP contribution is -2.12. The van der Waals surface area contributed by atoms with E-state index in [9.17, 15) is 0 Å². The first-order chi connectivity index (χ1) is 9.60. The van der Waals surface area contributed by atoms with Gasteiger partial charge in [0.2, 0.25) is 5.88 Å². The highest BCUT2D eigenvalue weighted by Gasteiger charge is 2.06. The van der Waals surface area contributed by atoms with Gasteiger partial charge in [-0.15, -0.1) is 0 Å². The van der Waals surface area contributed by atoms with Crippen LogP contribution in [-0.2, 0) is 0 Å². The van der Waals surface area contributed by atoms with Gasteiger partial charge >= 0.3 is 0 Å².